The molecule has 0 aliphatic heterocycles. The molecule has 0 radical (unpaired) electrons. The molecule has 162 valence electrons. The SMILES string of the molecule is COC(C)Cc1ccc(C(=O)Nc2ccc(Oc3ccc(C(C)C)cc3)cc2)c(C)n1. The summed E-state index contributed by atoms with van der Waals surface area (Å²) in [5.41, 5.74) is 4.13. The smallest absolute Gasteiger partial charge is 0.257 e. The van der Waals surface area contributed by atoms with Gasteiger partial charge in [0.1, 0.15) is 11.5 Å². The molecule has 1 heterocycles. The average molecular weight is 419 g/mol. The number of ether oxygens (including phenoxy) is 2. The van der Waals surface area contributed by atoms with Gasteiger partial charge in [0.05, 0.1) is 17.4 Å². The molecule has 5 nitrogen and oxygen atoms in total. The lowest BCUT2D eigenvalue weighted by Gasteiger charge is -2.12. The van der Waals surface area contributed by atoms with E-state index in [0.29, 0.717) is 35.0 Å². The minimum Gasteiger partial charge on any atom is -0.457 e. The lowest BCUT2D eigenvalue weighted by atomic mass is 10.0. The molecule has 0 spiro atoms. The summed E-state index contributed by atoms with van der Waals surface area (Å²) in [4.78, 5) is 17.2. The summed E-state index contributed by atoms with van der Waals surface area (Å²) >= 11 is 0. The van der Waals surface area contributed by atoms with E-state index in [1.807, 2.05) is 62.4 Å². The summed E-state index contributed by atoms with van der Waals surface area (Å²) in [5, 5.41) is 2.92. The van der Waals surface area contributed by atoms with Gasteiger partial charge in [-0.2, -0.15) is 0 Å². The molecule has 1 aromatic heterocycles. The lowest BCUT2D eigenvalue weighted by Crippen LogP contribution is -2.16. The number of pyridine rings is 1. The van der Waals surface area contributed by atoms with Crippen molar-refractivity contribution in [2.45, 2.75) is 46.1 Å². The van der Waals surface area contributed by atoms with Crippen LogP contribution in [0.15, 0.2) is 60.7 Å². The number of aryl methyl sites for hydroxylation is 1. The van der Waals surface area contributed by atoms with Crippen molar-refractivity contribution < 1.29 is 14.3 Å². The Morgan fingerprint density at radius 1 is 0.935 bits per heavy atom. The molecule has 1 N–H and O–H groups in total. The third-order valence-electron chi connectivity index (χ3n) is 5.18. The number of nitrogens with zero attached hydrogens (tertiary/aromatic N) is 1. The maximum Gasteiger partial charge on any atom is 0.257 e. The van der Waals surface area contributed by atoms with Gasteiger partial charge in [-0.15, -0.1) is 0 Å². The molecule has 1 atom stereocenters. The Labute approximate surface area is 184 Å². The summed E-state index contributed by atoms with van der Waals surface area (Å²) < 4.78 is 11.2. The Bertz CT molecular complexity index is 1010. The maximum absolute atomic E-state index is 12.7. The monoisotopic (exact) mass is 418 g/mol. The minimum atomic E-state index is -0.186. The second-order valence-electron chi connectivity index (χ2n) is 7.99. The van der Waals surface area contributed by atoms with Gasteiger partial charge in [-0.1, -0.05) is 26.0 Å². The van der Waals surface area contributed by atoms with Gasteiger partial charge in [0.15, 0.2) is 0 Å². The van der Waals surface area contributed by atoms with E-state index in [1.54, 1.807) is 7.11 Å². The molecule has 1 unspecified atom stereocenters. The number of amides is 1. The second-order valence-corrected chi connectivity index (χ2v) is 7.99. The number of carbonyl (C=O) groups is 1. The van der Waals surface area contributed by atoms with Crippen LogP contribution >= 0.6 is 0 Å². The van der Waals surface area contributed by atoms with Crippen molar-refractivity contribution in [3.63, 3.8) is 0 Å². The first-order valence-corrected chi connectivity index (χ1v) is 10.5. The van der Waals surface area contributed by atoms with Crippen LogP contribution < -0.4 is 10.1 Å². The maximum atomic E-state index is 12.7. The minimum absolute atomic E-state index is 0.0838. The quantitative estimate of drug-likeness (QED) is 0.478. The fourth-order valence-corrected chi connectivity index (χ4v) is 3.21. The Morgan fingerprint density at radius 2 is 1.55 bits per heavy atom. The van der Waals surface area contributed by atoms with Crippen molar-refractivity contribution >= 4 is 11.6 Å². The van der Waals surface area contributed by atoms with E-state index in [-0.39, 0.29) is 12.0 Å². The fraction of sp³-hybridized carbons (Fsp3) is 0.308. The third-order valence-corrected chi connectivity index (χ3v) is 5.18. The molecule has 3 rings (SSSR count). The van der Waals surface area contributed by atoms with E-state index in [1.165, 1.54) is 5.56 Å². The highest BCUT2D eigenvalue weighted by molar-refractivity contribution is 6.05. The molecule has 0 saturated carbocycles. The van der Waals surface area contributed by atoms with Crippen LogP contribution in [-0.4, -0.2) is 24.1 Å². The van der Waals surface area contributed by atoms with Crippen LogP contribution in [0.3, 0.4) is 0 Å². The van der Waals surface area contributed by atoms with Crippen LogP contribution in [0, 0.1) is 6.92 Å². The number of anilines is 1. The third kappa shape index (κ3) is 6.15. The number of methoxy groups -OCH3 is 1. The Balaban J connectivity index is 1.62. The number of carbonyl (C=O) groups excluding carboxylic acids is 1. The topological polar surface area (TPSA) is 60.5 Å². The first-order valence-electron chi connectivity index (χ1n) is 10.5. The highest BCUT2D eigenvalue weighted by Crippen LogP contribution is 2.25. The van der Waals surface area contributed by atoms with Gasteiger partial charge in [-0.05, 0) is 73.9 Å². The van der Waals surface area contributed by atoms with Crippen LogP contribution in [0.4, 0.5) is 5.69 Å². The average Bonchev–Trinajstić information content (AvgIpc) is 2.75. The lowest BCUT2D eigenvalue weighted by molar-refractivity contribution is 0.102. The molecule has 0 aliphatic rings. The number of rotatable bonds is 8. The van der Waals surface area contributed by atoms with E-state index >= 15 is 0 Å². The number of nitrogens with one attached hydrogen (secondary N) is 1. The molecule has 1 amide bonds. The molecular weight excluding hydrogens is 388 g/mol. The van der Waals surface area contributed by atoms with E-state index in [2.05, 4.69) is 36.3 Å². The van der Waals surface area contributed by atoms with Gasteiger partial charge in [0.2, 0.25) is 0 Å². The molecule has 2 aromatic carbocycles. The van der Waals surface area contributed by atoms with Crippen LogP contribution in [-0.2, 0) is 11.2 Å². The van der Waals surface area contributed by atoms with Gasteiger partial charge < -0.3 is 14.8 Å². The van der Waals surface area contributed by atoms with Crippen molar-refractivity contribution in [3.8, 4) is 11.5 Å². The zero-order chi connectivity index (χ0) is 22.4. The second kappa shape index (κ2) is 10.2. The predicted octanol–water partition coefficient (Wildman–Crippen LogP) is 6.14. The molecule has 31 heavy (non-hydrogen) atoms. The largest absolute Gasteiger partial charge is 0.457 e. The van der Waals surface area contributed by atoms with Crippen molar-refractivity contribution in [1.82, 2.24) is 4.98 Å². The van der Waals surface area contributed by atoms with Crippen molar-refractivity contribution in [1.29, 1.82) is 0 Å². The Kier molecular flexibility index (Phi) is 7.42. The number of aromatic nitrogens is 1. The zero-order valence-corrected chi connectivity index (χ0v) is 18.8. The van der Waals surface area contributed by atoms with Crippen LogP contribution in [0.25, 0.3) is 0 Å². The summed E-state index contributed by atoms with van der Waals surface area (Å²) in [6, 6.07) is 19.1. The summed E-state index contributed by atoms with van der Waals surface area (Å²) in [5.74, 6) is 1.80. The van der Waals surface area contributed by atoms with E-state index in [9.17, 15) is 4.79 Å². The summed E-state index contributed by atoms with van der Waals surface area (Å²) in [7, 11) is 1.68. The number of benzene rings is 2. The molecule has 0 bridgehead atoms. The van der Waals surface area contributed by atoms with Crippen molar-refractivity contribution in [2.75, 3.05) is 12.4 Å². The zero-order valence-electron chi connectivity index (χ0n) is 18.8. The van der Waals surface area contributed by atoms with Gasteiger partial charge in [0.25, 0.3) is 5.91 Å². The van der Waals surface area contributed by atoms with Crippen molar-refractivity contribution in [2.24, 2.45) is 0 Å². The van der Waals surface area contributed by atoms with Gasteiger partial charge in [-0.25, -0.2) is 0 Å². The van der Waals surface area contributed by atoms with Crippen LogP contribution in [0.1, 0.15) is 54.0 Å². The van der Waals surface area contributed by atoms with Gasteiger partial charge in [0, 0.05) is 24.9 Å². The predicted molar refractivity (Wildman–Crippen MR) is 124 cm³/mol. The summed E-state index contributed by atoms with van der Waals surface area (Å²) in [6.07, 6.45) is 0.793. The first kappa shape index (κ1) is 22.5. The fourth-order valence-electron chi connectivity index (χ4n) is 3.21. The van der Waals surface area contributed by atoms with Gasteiger partial charge >= 0.3 is 0 Å². The van der Waals surface area contributed by atoms with E-state index in [0.717, 1.165) is 11.4 Å². The number of hydrogen-bond donors (Lipinski definition) is 1. The van der Waals surface area contributed by atoms with E-state index < -0.39 is 0 Å². The highest BCUT2D eigenvalue weighted by Gasteiger charge is 2.12. The van der Waals surface area contributed by atoms with Crippen LogP contribution in [0.5, 0.6) is 11.5 Å². The standard InChI is InChI=1S/C26H30N2O3/c1-17(2)20-6-11-23(12-7-20)31-24-13-8-21(9-14-24)28-26(29)25-15-10-22(27-19(25)4)16-18(3)30-5/h6-15,17-18H,16H2,1-5H3,(H,28,29). The molecule has 0 aliphatic carbocycles. The molecule has 3 aromatic rings. The van der Waals surface area contributed by atoms with Gasteiger partial charge in [-0.3, -0.25) is 9.78 Å². The Hall–Kier alpha value is -3.18. The molecule has 0 saturated heterocycles. The van der Waals surface area contributed by atoms with Crippen LogP contribution in [0.2, 0.25) is 0 Å². The van der Waals surface area contributed by atoms with Crippen molar-refractivity contribution in [3.05, 3.63) is 83.2 Å². The highest BCUT2D eigenvalue weighted by atomic mass is 16.5. The van der Waals surface area contributed by atoms with E-state index in [4.69, 9.17) is 9.47 Å². The molecule has 0 fully saturated rings. The number of hydrogen-bond acceptors (Lipinski definition) is 4. The molecule has 5 heteroatoms. The molecular formula is C26H30N2O3. The summed E-state index contributed by atoms with van der Waals surface area (Å²) in [6.45, 7) is 8.16. The normalized spacial score (nSPS) is 11.9. The first-order chi connectivity index (χ1) is 14.9. The Morgan fingerprint density at radius 3 is 2.10 bits per heavy atom.